The average Bonchev–Trinajstić information content (AvgIpc) is 2.66. The van der Waals surface area contributed by atoms with Crippen LogP contribution in [0.1, 0.15) is 18.1 Å². The Morgan fingerprint density at radius 3 is 2.55 bits per heavy atom. The number of rotatable bonds is 5. The maximum Gasteiger partial charge on any atom is 0.573 e. The van der Waals surface area contributed by atoms with E-state index in [1.165, 1.54) is 29.3 Å². The third-order valence-corrected chi connectivity index (χ3v) is 4.68. The summed E-state index contributed by atoms with van der Waals surface area (Å²) in [7, 11) is 0. The third-order valence-electron chi connectivity index (χ3n) is 4.68. The number of aliphatic imine (C=N–C) groups is 1. The molecule has 1 aliphatic rings. The number of nitrogens with one attached hydrogen (secondary N) is 1. The fourth-order valence-corrected chi connectivity index (χ4v) is 3.20. The second-order valence-electron chi connectivity index (χ2n) is 6.73. The number of nitrogens with two attached hydrogens (primary N) is 1. The SMILES string of the molecule is CC(CN=C(N)Nc1ccccc1OC(F)(F)F)N1CCc2ccccc2C1.I. The van der Waals surface area contributed by atoms with Gasteiger partial charge in [0.15, 0.2) is 11.7 Å². The number of ether oxygens (including phenoxy) is 1. The molecule has 3 rings (SSSR count). The van der Waals surface area contributed by atoms with Crippen LogP contribution in [0, 0.1) is 0 Å². The van der Waals surface area contributed by atoms with Crippen LogP contribution in [-0.2, 0) is 13.0 Å². The number of alkyl halides is 3. The minimum atomic E-state index is -4.78. The standard InChI is InChI=1S/C20H23F3N4O.HI/c1-14(27-11-10-15-6-2-3-7-16(15)13-27)12-25-19(24)26-17-8-4-5-9-18(17)28-20(21,22)23;/h2-9,14H,10-13H2,1H3,(H3,24,25,26);1H. The van der Waals surface area contributed by atoms with Crippen molar-refractivity contribution in [1.82, 2.24) is 4.90 Å². The third kappa shape index (κ3) is 6.77. The predicted molar refractivity (Wildman–Crippen MR) is 119 cm³/mol. The molecule has 0 amide bonds. The van der Waals surface area contributed by atoms with E-state index in [0.717, 1.165) is 19.5 Å². The highest BCUT2D eigenvalue weighted by atomic mass is 127. The molecule has 0 aliphatic carbocycles. The van der Waals surface area contributed by atoms with Gasteiger partial charge in [-0.2, -0.15) is 0 Å². The van der Waals surface area contributed by atoms with Gasteiger partial charge in [-0.25, -0.2) is 0 Å². The number of nitrogens with zero attached hydrogens (tertiary/aromatic N) is 2. The second kappa shape index (κ2) is 10.1. The van der Waals surface area contributed by atoms with E-state index in [1.807, 2.05) is 6.07 Å². The van der Waals surface area contributed by atoms with Crippen LogP contribution in [0.4, 0.5) is 18.9 Å². The van der Waals surface area contributed by atoms with Gasteiger partial charge in [0, 0.05) is 19.1 Å². The monoisotopic (exact) mass is 520 g/mol. The molecule has 29 heavy (non-hydrogen) atoms. The van der Waals surface area contributed by atoms with Gasteiger partial charge in [0.2, 0.25) is 0 Å². The van der Waals surface area contributed by atoms with E-state index in [1.54, 1.807) is 6.07 Å². The summed E-state index contributed by atoms with van der Waals surface area (Å²) in [6.45, 7) is 4.28. The van der Waals surface area contributed by atoms with Crippen molar-refractivity contribution in [2.24, 2.45) is 10.7 Å². The highest BCUT2D eigenvalue weighted by molar-refractivity contribution is 14.0. The van der Waals surface area contributed by atoms with Gasteiger partial charge in [0.25, 0.3) is 0 Å². The van der Waals surface area contributed by atoms with Crippen LogP contribution in [0.15, 0.2) is 53.5 Å². The van der Waals surface area contributed by atoms with Crippen LogP contribution in [-0.4, -0.2) is 36.4 Å². The first-order valence-corrected chi connectivity index (χ1v) is 9.04. The Morgan fingerprint density at radius 1 is 1.17 bits per heavy atom. The molecule has 3 N–H and O–H groups in total. The van der Waals surface area contributed by atoms with E-state index in [0.29, 0.717) is 6.54 Å². The smallest absolute Gasteiger partial charge is 0.404 e. The molecule has 0 fully saturated rings. The summed E-state index contributed by atoms with van der Waals surface area (Å²) in [6.07, 6.45) is -3.79. The fourth-order valence-electron chi connectivity index (χ4n) is 3.20. The van der Waals surface area contributed by atoms with Gasteiger partial charge in [-0.05, 0) is 36.6 Å². The number of halogens is 4. The minimum absolute atomic E-state index is 0. The molecule has 2 aromatic rings. The zero-order chi connectivity index (χ0) is 20.1. The number of hydrogen-bond donors (Lipinski definition) is 2. The fraction of sp³-hybridized carbons (Fsp3) is 0.350. The summed E-state index contributed by atoms with van der Waals surface area (Å²) in [5.41, 5.74) is 8.67. The molecule has 9 heteroatoms. The highest BCUT2D eigenvalue weighted by Gasteiger charge is 2.32. The van der Waals surface area contributed by atoms with Crippen molar-refractivity contribution in [1.29, 1.82) is 0 Å². The summed E-state index contributed by atoms with van der Waals surface area (Å²) in [5.74, 6) is -0.309. The Kier molecular flexibility index (Phi) is 8.14. The number of para-hydroxylation sites is 2. The molecule has 0 radical (unpaired) electrons. The van der Waals surface area contributed by atoms with E-state index in [2.05, 4.69) is 45.1 Å². The zero-order valence-corrected chi connectivity index (χ0v) is 18.3. The van der Waals surface area contributed by atoms with Gasteiger partial charge >= 0.3 is 6.36 Å². The summed E-state index contributed by atoms with van der Waals surface area (Å²) < 4.78 is 41.5. The first-order valence-electron chi connectivity index (χ1n) is 9.04. The van der Waals surface area contributed by atoms with Crippen molar-refractivity contribution in [3.05, 3.63) is 59.7 Å². The summed E-state index contributed by atoms with van der Waals surface area (Å²) in [6, 6.07) is 14.2. The van der Waals surface area contributed by atoms with E-state index in [9.17, 15) is 13.2 Å². The lowest BCUT2D eigenvalue weighted by Crippen LogP contribution is -2.39. The van der Waals surface area contributed by atoms with Gasteiger partial charge in [-0.1, -0.05) is 36.4 Å². The molecule has 1 atom stereocenters. The Bertz CT molecular complexity index is 844. The van der Waals surface area contributed by atoms with Gasteiger partial charge < -0.3 is 15.8 Å². The zero-order valence-electron chi connectivity index (χ0n) is 15.9. The molecule has 158 valence electrons. The molecule has 1 unspecified atom stereocenters. The molecule has 0 saturated carbocycles. The van der Waals surface area contributed by atoms with Crippen LogP contribution in [0.2, 0.25) is 0 Å². The van der Waals surface area contributed by atoms with Crippen LogP contribution < -0.4 is 15.8 Å². The molecular weight excluding hydrogens is 496 g/mol. The molecule has 5 nitrogen and oxygen atoms in total. The summed E-state index contributed by atoms with van der Waals surface area (Å²) >= 11 is 0. The van der Waals surface area contributed by atoms with Crippen molar-refractivity contribution in [2.45, 2.75) is 32.3 Å². The Balaban J connectivity index is 0.00000300. The number of fused-ring (bicyclic) bond motifs is 1. The number of hydrogen-bond acceptors (Lipinski definition) is 3. The minimum Gasteiger partial charge on any atom is -0.404 e. The van der Waals surface area contributed by atoms with E-state index >= 15 is 0 Å². The number of guanidine groups is 1. The predicted octanol–water partition coefficient (Wildman–Crippen LogP) is 4.38. The van der Waals surface area contributed by atoms with E-state index < -0.39 is 6.36 Å². The van der Waals surface area contributed by atoms with Gasteiger partial charge in [-0.15, -0.1) is 37.1 Å². The van der Waals surface area contributed by atoms with Crippen molar-refractivity contribution in [3.8, 4) is 5.75 Å². The van der Waals surface area contributed by atoms with E-state index in [4.69, 9.17) is 5.73 Å². The molecule has 0 aromatic heterocycles. The second-order valence-corrected chi connectivity index (χ2v) is 6.73. The molecular formula is C20H24F3IN4O. The average molecular weight is 520 g/mol. The van der Waals surface area contributed by atoms with Crippen molar-refractivity contribution in [3.63, 3.8) is 0 Å². The van der Waals surface area contributed by atoms with Crippen molar-refractivity contribution < 1.29 is 17.9 Å². The molecule has 0 bridgehead atoms. The van der Waals surface area contributed by atoms with Gasteiger partial charge in [0.05, 0.1) is 12.2 Å². The first-order chi connectivity index (χ1) is 13.3. The molecule has 1 aliphatic heterocycles. The van der Waals surface area contributed by atoms with Crippen LogP contribution >= 0.6 is 24.0 Å². The molecule has 2 aromatic carbocycles. The lowest BCUT2D eigenvalue weighted by atomic mass is 9.99. The summed E-state index contributed by atoms with van der Waals surface area (Å²) in [5, 5.41) is 2.69. The maximum atomic E-state index is 12.5. The van der Waals surface area contributed by atoms with Crippen LogP contribution in [0.25, 0.3) is 0 Å². The normalized spacial score (nSPS) is 15.8. The Hall–Kier alpha value is -2.01. The van der Waals surface area contributed by atoms with Gasteiger partial charge in [-0.3, -0.25) is 9.89 Å². The lowest BCUT2D eigenvalue weighted by Gasteiger charge is -2.33. The van der Waals surface area contributed by atoms with Crippen molar-refractivity contribution >= 4 is 35.6 Å². The number of benzene rings is 2. The quantitative estimate of drug-likeness (QED) is 0.349. The first kappa shape index (κ1) is 23.3. The van der Waals surface area contributed by atoms with Gasteiger partial charge in [0.1, 0.15) is 0 Å². The van der Waals surface area contributed by atoms with Crippen LogP contribution in [0.3, 0.4) is 0 Å². The largest absolute Gasteiger partial charge is 0.573 e. The van der Waals surface area contributed by atoms with Crippen molar-refractivity contribution in [2.75, 3.05) is 18.4 Å². The topological polar surface area (TPSA) is 62.9 Å². The van der Waals surface area contributed by atoms with Crippen LogP contribution in [0.5, 0.6) is 5.75 Å². The Morgan fingerprint density at radius 2 is 1.83 bits per heavy atom. The summed E-state index contributed by atoms with van der Waals surface area (Å²) in [4.78, 5) is 6.61. The van der Waals surface area contributed by atoms with E-state index in [-0.39, 0.29) is 47.4 Å². The lowest BCUT2D eigenvalue weighted by molar-refractivity contribution is -0.274. The molecule has 1 heterocycles. The molecule has 0 spiro atoms. The maximum absolute atomic E-state index is 12.5. The highest BCUT2D eigenvalue weighted by Crippen LogP contribution is 2.29. The number of anilines is 1. The Labute approximate surface area is 185 Å². The molecule has 0 saturated heterocycles.